The Bertz CT molecular complexity index is 2290. The highest BCUT2D eigenvalue weighted by Gasteiger charge is 2.32. The zero-order valence-corrected chi connectivity index (χ0v) is 31.6. The Morgan fingerprint density at radius 1 is 0.707 bits per heavy atom. The standard InChI is InChI=1S/C21H19F3N2O4.C19H17F3N2O3.ClH/c1-13(27)26-10-2-3-16(26)12-28-20-18-11-15(6-9-19(18)30-25-20)14-4-7-17(8-5-14)29-21(22,23)24;20-19(21,22)26-15-6-3-12(4-7-15)13-5-8-17-16(10-13)18(24-27-17)25-11-14-2-1-9-23-14;/h4-9,11,16H,2-3,10,12H2,1H3;3-8,10,14,23H,1-2,9,11H2;1H/t16-;14-;/m00./s1. The molecular weight excluding hydrogens is 798 g/mol. The van der Waals surface area contributed by atoms with Gasteiger partial charge in [0.05, 0.1) is 16.8 Å². The summed E-state index contributed by atoms with van der Waals surface area (Å²) in [4.78, 5) is 13.5. The highest BCUT2D eigenvalue weighted by Crippen LogP contribution is 2.34. The summed E-state index contributed by atoms with van der Waals surface area (Å²) in [5.74, 6) is 0.210. The first-order valence-corrected chi connectivity index (χ1v) is 18.1. The molecule has 2 aromatic heterocycles. The summed E-state index contributed by atoms with van der Waals surface area (Å²) < 4.78 is 104. The number of nitrogens with one attached hydrogen (secondary N) is 1. The van der Waals surface area contributed by atoms with Gasteiger partial charge in [-0.2, -0.15) is 0 Å². The van der Waals surface area contributed by atoms with Gasteiger partial charge in [-0.1, -0.05) is 36.4 Å². The van der Waals surface area contributed by atoms with Gasteiger partial charge in [-0.25, -0.2) is 0 Å². The number of rotatable bonds is 10. The fourth-order valence-electron chi connectivity index (χ4n) is 6.78. The van der Waals surface area contributed by atoms with Crippen molar-refractivity contribution in [2.45, 2.75) is 57.4 Å². The van der Waals surface area contributed by atoms with E-state index in [1.54, 1.807) is 60.4 Å². The Kier molecular flexibility index (Phi) is 12.9. The smallest absolute Gasteiger partial charge is 0.473 e. The van der Waals surface area contributed by atoms with Crippen LogP contribution in [0.3, 0.4) is 0 Å². The molecule has 2 saturated heterocycles. The minimum Gasteiger partial charge on any atom is -0.473 e. The number of alkyl halides is 6. The largest absolute Gasteiger partial charge is 0.573 e. The van der Waals surface area contributed by atoms with E-state index in [1.165, 1.54) is 24.3 Å². The maximum Gasteiger partial charge on any atom is 0.573 e. The maximum absolute atomic E-state index is 12.3. The van der Waals surface area contributed by atoms with Crippen LogP contribution in [-0.2, 0) is 4.79 Å². The lowest BCUT2D eigenvalue weighted by Gasteiger charge is -2.22. The molecule has 4 heterocycles. The number of carbonyl (C=O) groups is 1. The molecule has 308 valence electrons. The Hall–Kier alpha value is -5.68. The maximum atomic E-state index is 12.3. The minimum absolute atomic E-state index is 0. The number of carbonyl (C=O) groups excluding carboxylic acids is 1. The molecule has 6 aromatic rings. The molecule has 1 N–H and O–H groups in total. The number of nitrogens with zero attached hydrogens (tertiary/aromatic N) is 3. The van der Waals surface area contributed by atoms with Gasteiger partial charge >= 0.3 is 12.7 Å². The van der Waals surface area contributed by atoms with Crippen LogP contribution in [0, 0.1) is 0 Å². The fourth-order valence-corrected chi connectivity index (χ4v) is 6.78. The Morgan fingerprint density at radius 2 is 1.19 bits per heavy atom. The van der Waals surface area contributed by atoms with Crippen LogP contribution in [-0.4, -0.2) is 72.2 Å². The van der Waals surface area contributed by atoms with E-state index in [4.69, 9.17) is 18.5 Å². The first kappa shape index (κ1) is 41.9. The van der Waals surface area contributed by atoms with E-state index in [0.29, 0.717) is 53.1 Å². The molecule has 18 heteroatoms. The van der Waals surface area contributed by atoms with Crippen molar-refractivity contribution < 1.29 is 59.1 Å². The van der Waals surface area contributed by atoms with Crippen LogP contribution >= 0.6 is 12.4 Å². The number of fused-ring (bicyclic) bond motifs is 2. The second-order valence-electron chi connectivity index (χ2n) is 13.5. The molecule has 0 saturated carbocycles. The third-order valence-corrected chi connectivity index (χ3v) is 9.49. The van der Waals surface area contributed by atoms with Crippen LogP contribution in [0.2, 0.25) is 0 Å². The number of likely N-dealkylation sites (tertiary alicyclic amines) is 1. The van der Waals surface area contributed by atoms with E-state index >= 15 is 0 Å². The van der Waals surface area contributed by atoms with Crippen molar-refractivity contribution in [3.8, 4) is 45.5 Å². The van der Waals surface area contributed by atoms with Gasteiger partial charge < -0.3 is 38.2 Å². The molecule has 0 bridgehead atoms. The number of ether oxygens (including phenoxy) is 4. The van der Waals surface area contributed by atoms with E-state index in [2.05, 4.69) is 25.1 Å². The zero-order chi connectivity index (χ0) is 40.2. The van der Waals surface area contributed by atoms with Crippen molar-refractivity contribution in [1.82, 2.24) is 20.5 Å². The summed E-state index contributed by atoms with van der Waals surface area (Å²) in [6.45, 7) is 4.08. The summed E-state index contributed by atoms with van der Waals surface area (Å²) in [6, 6.07) is 22.3. The Labute approximate surface area is 333 Å². The van der Waals surface area contributed by atoms with E-state index in [-0.39, 0.29) is 35.9 Å². The van der Waals surface area contributed by atoms with Gasteiger partial charge in [-0.15, -0.1) is 38.7 Å². The van der Waals surface area contributed by atoms with E-state index < -0.39 is 12.7 Å². The monoisotopic (exact) mass is 834 g/mol. The Balaban J connectivity index is 0.000000193. The molecule has 2 aliphatic rings. The normalized spacial score (nSPS) is 16.8. The summed E-state index contributed by atoms with van der Waals surface area (Å²) in [5.41, 5.74) is 4.15. The van der Waals surface area contributed by atoms with Gasteiger partial charge in [0.25, 0.3) is 11.8 Å². The number of halogens is 7. The van der Waals surface area contributed by atoms with Gasteiger partial charge in [0.2, 0.25) is 5.91 Å². The molecule has 2 atom stereocenters. The van der Waals surface area contributed by atoms with Crippen molar-refractivity contribution in [3.05, 3.63) is 84.9 Å². The Morgan fingerprint density at radius 3 is 1.64 bits per heavy atom. The van der Waals surface area contributed by atoms with Crippen molar-refractivity contribution in [2.24, 2.45) is 0 Å². The van der Waals surface area contributed by atoms with Crippen LogP contribution in [0.1, 0.15) is 32.6 Å². The number of benzene rings is 4. The molecule has 4 aromatic carbocycles. The van der Waals surface area contributed by atoms with Crippen LogP contribution < -0.4 is 24.3 Å². The average Bonchev–Trinajstić information content (AvgIpc) is 4.00. The molecule has 1 amide bonds. The highest BCUT2D eigenvalue weighted by atomic mass is 35.5. The molecule has 0 aliphatic carbocycles. The second-order valence-corrected chi connectivity index (χ2v) is 13.5. The van der Waals surface area contributed by atoms with Gasteiger partial charge in [0, 0.05) is 19.5 Å². The topological polar surface area (TPSA) is 121 Å². The zero-order valence-electron chi connectivity index (χ0n) is 30.8. The quantitative estimate of drug-likeness (QED) is 0.134. The van der Waals surface area contributed by atoms with Gasteiger partial charge in [-0.05, 0) is 113 Å². The predicted octanol–water partition coefficient (Wildman–Crippen LogP) is 9.73. The number of amides is 1. The van der Waals surface area contributed by atoms with Crippen molar-refractivity contribution in [2.75, 3.05) is 26.3 Å². The third kappa shape index (κ3) is 10.6. The van der Waals surface area contributed by atoms with Crippen molar-refractivity contribution in [1.29, 1.82) is 0 Å². The van der Waals surface area contributed by atoms with Crippen LogP contribution in [0.25, 0.3) is 44.2 Å². The summed E-state index contributed by atoms with van der Waals surface area (Å²) in [5, 5.41) is 12.7. The molecule has 0 unspecified atom stereocenters. The molecule has 8 rings (SSSR count). The molecule has 2 aliphatic heterocycles. The molecule has 0 radical (unpaired) electrons. The van der Waals surface area contributed by atoms with E-state index in [9.17, 15) is 31.1 Å². The lowest BCUT2D eigenvalue weighted by Crippen LogP contribution is -2.37. The predicted molar refractivity (Wildman–Crippen MR) is 202 cm³/mol. The molecule has 58 heavy (non-hydrogen) atoms. The van der Waals surface area contributed by atoms with Gasteiger partial charge in [0.15, 0.2) is 11.2 Å². The van der Waals surface area contributed by atoms with E-state index in [0.717, 1.165) is 60.8 Å². The number of aromatic nitrogens is 2. The molecular formula is C40H37ClF6N4O7. The van der Waals surface area contributed by atoms with E-state index in [1.807, 2.05) is 12.1 Å². The molecule has 0 spiro atoms. The molecule has 11 nitrogen and oxygen atoms in total. The lowest BCUT2D eigenvalue weighted by atomic mass is 10.0. The lowest BCUT2D eigenvalue weighted by molar-refractivity contribution is -0.275. The highest BCUT2D eigenvalue weighted by molar-refractivity contribution is 5.88. The second kappa shape index (κ2) is 17.9. The number of hydrogen-bond acceptors (Lipinski definition) is 10. The van der Waals surface area contributed by atoms with Crippen LogP contribution in [0.15, 0.2) is 94.0 Å². The fraction of sp³-hybridized carbons (Fsp3) is 0.325. The SMILES string of the molecule is CC(=O)N1CCC[C@H]1COc1noc2ccc(-c3ccc(OC(F)(F)F)cc3)cc12.Cl.FC(F)(F)Oc1ccc(-c2ccc3onc(OC[C@@H]4CCCN4)c3c2)cc1. The van der Waals surface area contributed by atoms with Gasteiger partial charge in [-0.3, -0.25) is 4.79 Å². The van der Waals surface area contributed by atoms with Crippen LogP contribution in [0.4, 0.5) is 26.3 Å². The summed E-state index contributed by atoms with van der Waals surface area (Å²) in [6.07, 6.45) is -5.44. The summed E-state index contributed by atoms with van der Waals surface area (Å²) in [7, 11) is 0. The summed E-state index contributed by atoms with van der Waals surface area (Å²) >= 11 is 0. The molecule has 2 fully saturated rings. The average molecular weight is 835 g/mol. The van der Waals surface area contributed by atoms with Crippen molar-refractivity contribution in [3.63, 3.8) is 0 Å². The third-order valence-electron chi connectivity index (χ3n) is 9.49. The minimum atomic E-state index is -4.73. The van der Waals surface area contributed by atoms with Crippen molar-refractivity contribution >= 4 is 40.3 Å². The first-order chi connectivity index (χ1) is 27.3. The van der Waals surface area contributed by atoms with Gasteiger partial charge in [0.1, 0.15) is 24.7 Å². The number of hydrogen-bond donors (Lipinski definition) is 1. The first-order valence-electron chi connectivity index (χ1n) is 18.1. The van der Waals surface area contributed by atoms with Crippen LogP contribution in [0.5, 0.6) is 23.3 Å².